The minimum absolute atomic E-state index is 0.0863. The molecular formula is C20H20F2N2O4S. The molecule has 154 valence electrons. The molecule has 1 amide bonds. The fourth-order valence-corrected chi connectivity index (χ4v) is 5.12. The molecule has 0 N–H and O–H groups in total. The second-order valence-electron chi connectivity index (χ2n) is 7.00. The summed E-state index contributed by atoms with van der Waals surface area (Å²) < 4.78 is 59.8. The van der Waals surface area contributed by atoms with Gasteiger partial charge in [0.1, 0.15) is 11.6 Å². The van der Waals surface area contributed by atoms with Gasteiger partial charge in [-0.2, -0.15) is 4.31 Å². The van der Waals surface area contributed by atoms with Gasteiger partial charge < -0.3 is 9.64 Å². The monoisotopic (exact) mass is 422 g/mol. The zero-order valence-electron chi connectivity index (χ0n) is 15.6. The SMILES string of the molecule is O=C(c1ccc(S(=O)(=O)N2CCOCC2)cc1)N1CCCc2cc(F)cc(F)c21. The maximum Gasteiger partial charge on any atom is 0.258 e. The molecule has 1 fully saturated rings. The number of halogens is 2. The number of amides is 1. The fraction of sp³-hybridized carbons (Fsp3) is 0.350. The normalized spacial score (nSPS) is 17.8. The number of sulfonamides is 1. The van der Waals surface area contributed by atoms with Gasteiger partial charge in [-0.15, -0.1) is 0 Å². The third-order valence-electron chi connectivity index (χ3n) is 5.16. The van der Waals surface area contributed by atoms with E-state index < -0.39 is 27.6 Å². The van der Waals surface area contributed by atoms with Crippen LogP contribution in [-0.2, 0) is 21.2 Å². The third-order valence-corrected chi connectivity index (χ3v) is 7.07. The number of morpholine rings is 1. The van der Waals surface area contributed by atoms with Crippen LogP contribution in [0.1, 0.15) is 22.3 Å². The Labute approximate surface area is 167 Å². The lowest BCUT2D eigenvalue weighted by Crippen LogP contribution is -2.40. The maximum atomic E-state index is 14.4. The first-order valence-electron chi connectivity index (χ1n) is 9.35. The summed E-state index contributed by atoms with van der Waals surface area (Å²) in [7, 11) is -3.66. The second-order valence-corrected chi connectivity index (χ2v) is 8.93. The van der Waals surface area contributed by atoms with E-state index in [-0.39, 0.29) is 29.2 Å². The lowest BCUT2D eigenvalue weighted by molar-refractivity contribution is 0.0730. The van der Waals surface area contributed by atoms with Gasteiger partial charge in [-0.3, -0.25) is 4.79 Å². The predicted molar refractivity (Wildman–Crippen MR) is 102 cm³/mol. The first-order chi connectivity index (χ1) is 13.9. The fourth-order valence-electron chi connectivity index (χ4n) is 3.72. The molecule has 2 aromatic rings. The quantitative estimate of drug-likeness (QED) is 0.763. The Morgan fingerprint density at radius 3 is 2.38 bits per heavy atom. The van der Waals surface area contributed by atoms with Crippen molar-refractivity contribution in [1.29, 1.82) is 0 Å². The molecule has 0 aliphatic carbocycles. The first kappa shape index (κ1) is 19.9. The highest BCUT2D eigenvalue weighted by molar-refractivity contribution is 7.89. The maximum absolute atomic E-state index is 14.4. The molecule has 2 aliphatic heterocycles. The molecule has 4 rings (SSSR count). The summed E-state index contributed by atoms with van der Waals surface area (Å²) in [5, 5.41) is 0. The van der Waals surface area contributed by atoms with Crippen LogP contribution < -0.4 is 4.90 Å². The number of ether oxygens (including phenoxy) is 1. The molecule has 0 aromatic heterocycles. The summed E-state index contributed by atoms with van der Waals surface area (Å²) in [5.41, 5.74) is 0.781. The van der Waals surface area contributed by atoms with Crippen molar-refractivity contribution in [2.45, 2.75) is 17.7 Å². The van der Waals surface area contributed by atoms with E-state index in [1.807, 2.05) is 0 Å². The molecule has 0 atom stereocenters. The molecule has 2 aromatic carbocycles. The molecule has 0 bridgehead atoms. The van der Waals surface area contributed by atoms with Crippen LogP contribution >= 0.6 is 0 Å². The Morgan fingerprint density at radius 2 is 1.69 bits per heavy atom. The van der Waals surface area contributed by atoms with Crippen molar-refractivity contribution in [2.75, 3.05) is 37.7 Å². The standard InChI is InChI=1S/C20H20F2N2O4S/c21-16-12-15-2-1-7-24(19(15)18(22)13-16)20(25)14-3-5-17(6-4-14)29(26,27)23-8-10-28-11-9-23/h3-6,12-13H,1-2,7-11H2. The average Bonchev–Trinajstić information content (AvgIpc) is 2.73. The summed E-state index contributed by atoms with van der Waals surface area (Å²) in [5.74, 6) is -1.90. The van der Waals surface area contributed by atoms with Gasteiger partial charge in [0, 0.05) is 31.3 Å². The Morgan fingerprint density at radius 1 is 1.00 bits per heavy atom. The van der Waals surface area contributed by atoms with E-state index in [2.05, 4.69) is 0 Å². The lowest BCUT2D eigenvalue weighted by atomic mass is 10.00. The molecule has 9 heteroatoms. The van der Waals surface area contributed by atoms with E-state index in [9.17, 15) is 22.0 Å². The molecular weight excluding hydrogens is 402 g/mol. The number of aryl methyl sites for hydroxylation is 1. The van der Waals surface area contributed by atoms with E-state index in [1.54, 1.807) is 0 Å². The highest BCUT2D eigenvalue weighted by Crippen LogP contribution is 2.32. The predicted octanol–water partition coefficient (Wildman–Crippen LogP) is 2.58. The number of carbonyl (C=O) groups excluding carboxylic acids is 1. The molecule has 1 saturated heterocycles. The van der Waals surface area contributed by atoms with E-state index in [0.29, 0.717) is 38.2 Å². The van der Waals surface area contributed by atoms with Crippen LogP contribution in [0.5, 0.6) is 0 Å². The number of nitrogens with zero attached hydrogens (tertiary/aromatic N) is 2. The van der Waals surface area contributed by atoms with E-state index in [4.69, 9.17) is 4.74 Å². The smallest absolute Gasteiger partial charge is 0.258 e. The number of fused-ring (bicyclic) bond motifs is 1. The summed E-state index contributed by atoms with van der Waals surface area (Å²) in [6.45, 7) is 1.56. The van der Waals surface area contributed by atoms with Crippen molar-refractivity contribution in [2.24, 2.45) is 0 Å². The van der Waals surface area contributed by atoms with Crippen LogP contribution in [0.2, 0.25) is 0 Å². The third kappa shape index (κ3) is 3.77. The van der Waals surface area contributed by atoms with Crippen LogP contribution in [0.4, 0.5) is 14.5 Å². The van der Waals surface area contributed by atoms with Crippen LogP contribution in [0.15, 0.2) is 41.3 Å². The van der Waals surface area contributed by atoms with E-state index in [1.165, 1.54) is 39.5 Å². The Balaban J connectivity index is 1.60. The van der Waals surface area contributed by atoms with Crippen molar-refractivity contribution >= 4 is 21.6 Å². The molecule has 29 heavy (non-hydrogen) atoms. The van der Waals surface area contributed by atoms with E-state index in [0.717, 1.165) is 6.07 Å². The van der Waals surface area contributed by atoms with Crippen molar-refractivity contribution in [3.63, 3.8) is 0 Å². The minimum Gasteiger partial charge on any atom is -0.379 e. The van der Waals surface area contributed by atoms with Gasteiger partial charge in [0.25, 0.3) is 5.91 Å². The van der Waals surface area contributed by atoms with Gasteiger partial charge >= 0.3 is 0 Å². The van der Waals surface area contributed by atoms with Crippen molar-refractivity contribution in [3.05, 3.63) is 59.2 Å². The van der Waals surface area contributed by atoms with Crippen molar-refractivity contribution in [3.8, 4) is 0 Å². The van der Waals surface area contributed by atoms with Gasteiger partial charge in [0.15, 0.2) is 0 Å². The molecule has 0 radical (unpaired) electrons. The molecule has 0 spiro atoms. The largest absolute Gasteiger partial charge is 0.379 e. The molecule has 2 heterocycles. The molecule has 6 nitrogen and oxygen atoms in total. The topological polar surface area (TPSA) is 66.9 Å². The summed E-state index contributed by atoms with van der Waals surface area (Å²) in [6, 6.07) is 7.61. The zero-order chi connectivity index (χ0) is 20.6. The van der Waals surface area contributed by atoms with Crippen LogP contribution in [0.3, 0.4) is 0 Å². The Hall–Kier alpha value is -2.36. The zero-order valence-corrected chi connectivity index (χ0v) is 16.4. The van der Waals surface area contributed by atoms with Crippen LogP contribution in [-0.4, -0.2) is 51.5 Å². The average molecular weight is 422 g/mol. The van der Waals surface area contributed by atoms with Gasteiger partial charge in [0.2, 0.25) is 10.0 Å². The molecule has 0 saturated carbocycles. The lowest BCUT2D eigenvalue weighted by Gasteiger charge is -2.30. The number of rotatable bonds is 3. The van der Waals surface area contributed by atoms with Crippen molar-refractivity contribution < 1.29 is 26.7 Å². The van der Waals surface area contributed by atoms with Gasteiger partial charge in [-0.05, 0) is 48.7 Å². The number of hydrogen-bond donors (Lipinski definition) is 0. The minimum atomic E-state index is -3.66. The van der Waals surface area contributed by atoms with Gasteiger partial charge in [-0.1, -0.05) is 0 Å². The summed E-state index contributed by atoms with van der Waals surface area (Å²) >= 11 is 0. The second kappa shape index (κ2) is 7.81. The van der Waals surface area contributed by atoms with Gasteiger partial charge in [0.05, 0.1) is 23.8 Å². The number of anilines is 1. The van der Waals surface area contributed by atoms with Crippen LogP contribution in [0.25, 0.3) is 0 Å². The Bertz CT molecular complexity index is 1040. The van der Waals surface area contributed by atoms with E-state index >= 15 is 0 Å². The Kier molecular flexibility index (Phi) is 5.37. The van der Waals surface area contributed by atoms with Gasteiger partial charge in [-0.25, -0.2) is 17.2 Å². The highest BCUT2D eigenvalue weighted by atomic mass is 32.2. The summed E-state index contributed by atoms with van der Waals surface area (Å²) in [4.78, 5) is 14.3. The number of hydrogen-bond acceptors (Lipinski definition) is 4. The summed E-state index contributed by atoms with van der Waals surface area (Å²) in [6.07, 6.45) is 1.08. The number of carbonyl (C=O) groups is 1. The first-order valence-corrected chi connectivity index (χ1v) is 10.8. The number of benzene rings is 2. The molecule has 0 unspecified atom stereocenters. The van der Waals surface area contributed by atoms with Crippen molar-refractivity contribution in [1.82, 2.24) is 4.31 Å². The molecule has 2 aliphatic rings. The highest BCUT2D eigenvalue weighted by Gasteiger charge is 2.29. The van der Waals surface area contributed by atoms with Crippen LogP contribution in [0, 0.1) is 11.6 Å².